The number of likely N-dealkylation sites (N-methyl/N-ethyl adjacent to an activating group) is 1. The van der Waals surface area contributed by atoms with Crippen LogP contribution >= 0.6 is 0 Å². The minimum atomic E-state index is 0.602. The molecule has 1 aromatic rings. The zero-order chi connectivity index (χ0) is 10.8. The van der Waals surface area contributed by atoms with Gasteiger partial charge in [-0.15, -0.1) is 0 Å². The fraction of sp³-hybridized carbons (Fsp3) is 0.545. The monoisotopic (exact) mass is 206 g/mol. The third-order valence-electron chi connectivity index (χ3n) is 2.95. The number of hydrogen-bond acceptors (Lipinski definition) is 4. The number of aromatic nitrogens is 1. The Bertz CT molecular complexity index is 342. The molecule has 1 aromatic heterocycles. The summed E-state index contributed by atoms with van der Waals surface area (Å²) in [5.74, 6) is 0.602. The largest absolute Gasteiger partial charge is 0.384 e. The van der Waals surface area contributed by atoms with Gasteiger partial charge in [0.15, 0.2) is 0 Å². The molecule has 2 heterocycles. The second-order valence-corrected chi connectivity index (χ2v) is 4.19. The molecule has 2 N–H and O–H groups in total. The summed E-state index contributed by atoms with van der Waals surface area (Å²) in [5.41, 5.74) is 8.08. The average molecular weight is 206 g/mol. The summed E-state index contributed by atoms with van der Waals surface area (Å²) in [7, 11) is 2.16. The van der Waals surface area contributed by atoms with Gasteiger partial charge < -0.3 is 15.5 Å². The SMILES string of the molecule is Cc1cc(N)ncc1N1CCN(C)CC1. The van der Waals surface area contributed by atoms with Gasteiger partial charge in [-0.05, 0) is 25.6 Å². The smallest absolute Gasteiger partial charge is 0.123 e. The molecule has 0 radical (unpaired) electrons. The molecule has 0 spiro atoms. The van der Waals surface area contributed by atoms with E-state index in [1.165, 1.54) is 11.3 Å². The van der Waals surface area contributed by atoms with Crippen LogP contribution < -0.4 is 10.6 Å². The Morgan fingerprint density at radius 2 is 1.93 bits per heavy atom. The summed E-state index contributed by atoms with van der Waals surface area (Å²) in [5, 5.41) is 0. The summed E-state index contributed by atoms with van der Waals surface area (Å²) in [6.07, 6.45) is 1.88. The van der Waals surface area contributed by atoms with Gasteiger partial charge in [0.2, 0.25) is 0 Å². The fourth-order valence-corrected chi connectivity index (χ4v) is 1.95. The van der Waals surface area contributed by atoms with Crippen LogP contribution in [0.3, 0.4) is 0 Å². The lowest BCUT2D eigenvalue weighted by Gasteiger charge is -2.34. The summed E-state index contributed by atoms with van der Waals surface area (Å²) in [6, 6.07) is 1.94. The van der Waals surface area contributed by atoms with Crippen molar-refractivity contribution >= 4 is 11.5 Å². The van der Waals surface area contributed by atoms with Crippen LogP contribution in [0.2, 0.25) is 0 Å². The zero-order valence-electron chi connectivity index (χ0n) is 9.40. The van der Waals surface area contributed by atoms with E-state index in [1.807, 2.05) is 12.3 Å². The predicted octanol–water partition coefficient (Wildman–Crippen LogP) is 0.724. The molecule has 0 aromatic carbocycles. The second kappa shape index (κ2) is 4.06. The molecule has 0 aliphatic carbocycles. The number of rotatable bonds is 1. The number of pyridine rings is 1. The molecule has 1 aliphatic rings. The third-order valence-corrected chi connectivity index (χ3v) is 2.95. The second-order valence-electron chi connectivity index (χ2n) is 4.19. The van der Waals surface area contributed by atoms with E-state index < -0.39 is 0 Å². The van der Waals surface area contributed by atoms with Crippen LogP contribution in [0.25, 0.3) is 0 Å². The topological polar surface area (TPSA) is 45.4 Å². The van der Waals surface area contributed by atoms with E-state index in [-0.39, 0.29) is 0 Å². The van der Waals surface area contributed by atoms with E-state index in [0.717, 1.165) is 26.2 Å². The van der Waals surface area contributed by atoms with Gasteiger partial charge in [0, 0.05) is 26.2 Å². The maximum Gasteiger partial charge on any atom is 0.123 e. The Morgan fingerprint density at radius 3 is 2.53 bits per heavy atom. The first-order valence-electron chi connectivity index (χ1n) is 5.32. The quantitative estimate of drug-likeness (QED) is 0.735. The minimum Gasteiger partial charge on any atom is -0.384 e. The predicted molar refractivity (Wildman–Crippen MR) is 63.1 cm³/mol. The van der Waals surface area contributed by atoms with E-state index in [9.17, 15) is 0 Å². The van der Waals surface area contributed by atoms with E-state index in [4.69, 9.17) is 5.73 Å². The maximum atomic E-state index is 5.64. The van der Waals surface area contributed by atoms with E-state index >= 15 is 0 Å². The average Bonchev–Trinajstić information content (AvgIpc) is 2.20. The molecule has 0 bridgehead atoms. The number of nitrogens with zero attached hydrogens (tertiary/aromatic N) is 3. The van der Waals surface area contributed by atoms with Gasteiger partial charge in [0.05, 0.1) is 11.9 Å². The van der Waals surface area contributed by atoms with Crippen LogP contribution in [0, 0.1) is 6.92 Å². The lowest BCUT2D eigenvalue weighted by molar-refractivity contribution is 0.312. The molecule has 15 heavy (non-hydrogen) atoms. The van der Waals surface area contributed by atoms with Crippen LogP contribution in [0.5, 0.6) is 0 Å². The molecule has 0 unspecified atom stereocenters. The zero-order valence-corrected chi connectivity index (χ0v) is 9.40. The number of aryl methyl sites for hydroxylation is 1. The van der Waals surface area contributed by atoms with Crippen LogP contribution in [0.15, 0.2) is 12.3 Å². The summed E-state index contributed by atoms with van der Waals surface area (Å²) >= 11 is 0. The molecule has 1 aliphatic heterocycles. The Hall–Kier alpha value is -1.29. The van der Waals surface area contributed by atoms with Gasteiger partial charge in [-0.1, -0.05) is 0 Å². The molecular weight excluding hydrogens is 188 g/mol. The van der Waals surface area contributed by atoms with Crippen LogP contribution in [0.4, 0.5) is 11.5 Å². The first-order chi connectivity index (χ1) is 7.16. The van der Waals surface area contributed by atoms with Crippen LogP contribution in [0.1, 0.15) is 5.56 Å². The molecule has 4 heteroatoms. The van der Waals surface area contributed by atoms with Crippen molar-refractivity contribution in [3.63, 3.8) is 0 Å². The Labute approximate surface area is 90.7 Å². The lowest BCUT2D eigenvalue weighted by Crippen LogP contribution is -2.44. The lowest BCUT2D eigenvalue weighted by atomic mass is 10.2. The van der Waals surface area contributed by atoms with Crippen LogP contribution in [-0.2, 0) is 0 Å². The van der Waals surface area contributed by atoms with E-state index in [2.05, 4.69) is 28.8 Å². The highest BCUT2D eigenvalue weighted by Gasteiger charge is 2.15. The van der Waals surface area contributed by atoms with E-state index in [0.29, 0.717) is 5.82 Å². The molecule has 0 amide bonds. The summed E-state index contributed by atoms with van der Waals surface area (Å²) in [6.45, 7) is 6.46. The maximum absolute atomic E-state index is 5.64. The van der Waals surface area contributed by atoms with Gasteiger partial charge >= 0.3 is 0 Å². The van der Waals surface area contributed by atoms with Gasteiger partial charge in [0.25, 0.3) is 0 Å². The third kappa shape index (κ3) is 2.21. The minimum absolute atomic E-state index is 0.602. The number of nitrogen functional groups attached to an aromatic ring is 1. The summed E-state index contributed by atoms with van der Waals surface area (Å²) in [4.78, 5) is 8.88. The molecule has 1 saturated heterocycles. The Kier molecular flexibility index (Phi) is 2.77. The van der Waals surface area contributed by atoms with E-state index in [1.54, 1.807) is 0 Å². The van der Waals surface area contributed by atoms with Gasteiger partial charge in [0.1, 0.15) is 5.82 Å². The van der Waals surface area contributed by atoms with Crippen molar-refractivity contribution in [2.24, 2.45) is 0 Å². The number of anilines is 2. The van der Waals surface area contributed by atoms with Gasteiger partial charge in [-0.2, -0.15) is 0 Å². The van der Waals surface area contributed by atoms with Gasteiger partial charge in [-0.25, -0.2) is 4.98 Å². The van der Waals surface area contributed by atoms with Crippen LogP contribution in [-0.4, -0.2) is 43.1 Å². The first kappa shape index (κ1) is 10.2. The van der Waals surface area contributed by atoms with Crippen molar-refractivity contribution in [3.8, 4) is 0 Å². The van der Waals surface area contributed by atoms with Crippen molar-refractivity contribution in [3.05, 3.63) is 17.8 Å². The molecule has 0 saturated carbocycles. The first-order valence-corrected chi connectivity index (χ1v) is 5.32. The van der Waals surface area contributed by atoms with Crippen molar-refractivity contribution in [1.29, 1.82) is 0 Å². The normalized spacial score (nSPS) is 18.1. The highest BCUT2D eigenvalue weighted by Crippen LogP contribution is 2.21. The van der Waals surface area contributed by atoms with Crippen molar-refractivity contribution < 1.29 is 0 Å². The number of piperazine rings is 1. The molecule has 4 nitrogen and oxygen atoms in total. The molecule has 2 rings (SSSR count). The van der Waals surface area contributed by atoms with Gasteiger partial charge in [-0.3, -0.25) is 0 Å². The number of nitrogens with two attached hydrogens (primary N) is 1. The highest BCUT2D eigenvalue weighted by atomic mass is 15.2. The Balaban J connectivity index is 2.15. The fourth-order valence-electron chi connectivity index (χ4n) is 1.95. The summed E-state index contributed by atoms with van der Waals surface area (Å²) < 4.78 is 0. The van der Waals surface area contributed by atoms with Crippen molar-refractivity contribution in [1.82, 2.24) is 9.88 Å². The van der Waals surface area contributed by atoms with Crippen molar-refractivity contribution in [2.75, 3.05) is 43.9 Å². The molecular formula is C11H18N4. The molecule has 1 fully saturated rings. The Morgan fingerprint density at radius 1 is 1.27 bits per heavy atom. The number of hydrogen-bond donors (Lipinski definition) is 1. The van der Waals surface area contributed by atoms with Crippen molar-refractivity contribution in [2.45, 2.75) is 6.92 Å². The molecule has 82 valence electrons. The highest BCUT2D eigenvalue weighted by molar-refractivity contribution is 5.55. The standard InChI is InChI=1S/C11H18N4/c1-9-7-11(12)13-8-10(9)15-5-3-14(2)4-6-15/h7-8H,3-6H2,1-2H3,(H2,12,13). The molecule has 0 atom stereocenters.